The van der Waals surface area contributed by atoms with Crippen LogP contribution in [0.15, 0.2) is 54.7 Å². The average Bonchev–Trinajstić information content (AvgIpc) is 3.23. The lowest BCUT2D eigenvalue weighted by Crippen LogP contribution is -2.03. The lowest BCUT2D eigenvalue weighted by atomic mass is 9.92. The first-order valence-electron chi connectivity index (χ1n) is 7.77. The number of hydrogen-bond donors (Lipinski definition) is 3. The first-order chi connectivity index (χ1) is 12.2. The van der Waals surface area contributed by atoms with Crippen molar-refractivity contribution in [2.75, 3.05) is 5.32 Å². The van der Waals surface area contributed by atoms with Crippen molar-refractivity contribution in [3.05, 3.63) is 71.5 Å². The molecule has 0 saturated carbocycles. The van der Waals surface area contributed by atoms with Crippen LogP contribution in [0.3, 0.4) is 0 Å². The van der Waals surface area contributed by atoms with Crippen molar-refractivity contribution in [2.24, 2.45) is 0 Å². The third-order valence-electron chi connectivity index (χ3n) is 4.19. The predicted octanol–water partition coefficient (Wildman–Crippen LogP) is 3.86. The van der Waals surface area contributed by atoms with Crippen LogP contribution in [-0.4, -0.2) is 16.0 Å². The second-order valence-electron chi connectivity index (χ2n) is 5.74. The molecule has 0 fully saturated rings. The molecule has 0 aliphatic carbocycles. The normalized spacial score (nSPS) is 14.2. The third kappa shape index (κ3) is 2.48. The number of rotatable bonds is 2. The van der Waals surface area contributed by atoms with E-state index in [-0.39, 0.29) is 11.7 Å². The Hall–Kier alpha value is -3.71. The fourth-order valence-corrected chi connectivity index (χ4v) is 3.08. The van der Waals surface area contributed by atoms with Gasteiger partial charge in [0.15, 0.2) is 0 Å². The molecule has 0 unspecified atom stereocenters. The summed E-state index contributed by atoms with van der Waals surface area (Å²) in [5.74, 6) is 2.70. The number of carbonyl (C=O) groups excluding carboxylic acids is 1. The van der Waals surface area contributed by atoms with E-state index in [9.17, 15) is 9.90 Å². The largest absolute Gasteiger partial charge is 0.508 e. The van der Waals surface area contributed by atoms with E-state index >= 15 is 0 Å². The number of aromatic nitrogens is 1. The van der Waals surface area contributed by atoms with E-state index in [4.69, 9.17) is 6.42 Å². The summed E-state index contributed by atoms with van der Waals surface area (Å²) in [4.78, 5) is 15.5. The highest BCUT2D eigenvalue weighted by Crippen LogP contribution is 2.40. The molecule has 0 radical (unpaired) electrons. The Morgan fingerprint density at radius 3 is 2.72 bits per heavy atom. The highest BCUT2D eigenvalue weighted by Gasteiger charge is 2.28. The van der Waals surface area contributed by atoms with Crippen LogP contribution in [0.25, 0.3) is 22.8 Å². The second-order valence-corrected chi connectivity index (χ2v) is 5.74. The minimum absolute atomic E-state index is 0.164. The molecule has 0 saturated heterocycles. The molecule has 1 aliphatic heterocycles. The summed E-state index contributed by atoms with van der Waals surface area (Å²) < 4.78 is 0. The number of benzene rings is 2. The van der Waals surface area contributed by atoms with Crippen molar-refractivity contribution in [1.82, 2.24) is 4.98 Å². The van der Waals surface area contributed by atoms with Gasteiger partial charge in [-0.15, -0.1) is 6.42 Å². The first-order valence-corrected chi connectivity index (χ1v) is 7.77. The number of H-pyrrole nitrogens is 1. The number of carbonyl (C=O) groups is 1. The molecule has 0 bridgehead atoms. The molecule has 4 nitrogen and oxygen atoms in total. The van der Waals surface area contributed by atoms with E-state index in [1.165, 1.54) is 0 Å². The number of fused-ring (bicyclic) bond motifs is 1. The highest BCUT2D eigenvalue weighted by molar-refractivity contribution is 6.35. The first kappa shape index (κ1) is 14.9. The Kier molecular flexibility index (Phi) is 3.41. The van der Waals surface area contributed by atoms with Crippen molar-refractivity contribution in [3.8, 4) is 29.2 Å². The number of nitrogens with one attached hydrogen (secondary N) is 2. The summed E-state index contributed by atoms with van der Waals surface area (Å²) in [7, 11) is 0. The molecule has 2 aromatic carbocycles. The van der Waals surface area contributed by atoms with Gasteiger partial charge < -0.3 is 15.4 Å². The van der Waals surface area contributed by atoms with Crippen LogP contribution >= 0.6 is 0 Å². The smallest absolute Gasteiger partial charge is 0.256 e. The topological polar surface area (TPSA) is 65.1 Å². The molecule has 120 valence electrons. The van der Waals surface area contributed by atoms with Gasteiger partial charge in [-0.2, -0.15) is 0 Å². The van der Waals surface area contributed by atoms with E-state index in [2.05, 4.69) is 16.2 Å². The Morgan fingerprint density at radius 2 is 2.00 bits per heavy atom. The number of phenolic OH excluding ortho intramolecular Hbond substituents is 1. The van der Waals surface area contributed by atoms with Crippen LogP contribution in [0.1, 0.15) is 16.8 Å². The highest BCUT2D eigenvalue weighted by atomic mass is 16.3. The van der Waals surface area contributed by atoms with Crippen molar-refractivity contribution in [2.45, 2.75) is 0 Å². The van der Waals surface area contributed by atoms with Crippen molar-refractivity contribution in [1.29, 1.82) is 0 Å². The fourth-order valence-electron chi connectivity index (χ4n) is 3.08. The molecule has 2 heterocycles. The molecule has 1 aromatic heterocycles. The van der Waals surface area contributed by atoms with Gasteiger partial charge in [0.2, 0.25) is 0 Å². The zero-order valence-corrected chi connectivity index (χ0v) is 13.2. The van der Waals surface area contributed by atoms with Crippen molar-refractivity contribution in [3.63, 3.8) is 0 Å². The summed E-state index contributed by atoms with van der Waals surface area (Å²) in [6.45, 7) is 0. The zero-order chi connectivity index (χ0) is 17.4. The summed E-state index contributed by atoms with van der Waals surface area (Å²) >= 11 is 0. The van der Waals surface area contributed by atoms with Gasteiger partial charge in [-0.05, 0) is 47.5 Å². The molecule has 0 spiro atoms. The summed E-state index contributed by atoms with van der Waals surface area (Å²) in [6, 6.07) is 14.3. The maximum absolute atomic E-state index is 12.4. The van der Waals surface area contributed by atoms with E-state index in [0.717, 1.165) is 16.8 Å². The number of aromatic hydroxyl groups is 1. The van der Waals surface area contributed by atoms with Gasteiger partial charge >= 0.3 is 0 Å². The van der Waals surface area contributed by atoms with Gasteiger partial charge in [-0.3, -0.25) is 4.79 Å². The molecule has 3 N–H and O–H groups in total. The Balaban J connectivity index is 1.95. The number of aromatic amines is 1. The molecule has 25 heavy (non-hydrogen) atoms. The van der Waals surface area contributed by atoms with Crippen LogP contribution in [-0.2, 0) is 4.79 Å². The molecule has 3 aromatic rings. The predicted molar refractivity (Wildman–Crippen MR) is 98.8 cm³/mol. The monoisotopic (exact) mass is 326 g/mol. The maximum Gasteiger partial charge on any atom is 0.256 e. The van der Waals surface area contributed by atoms with Crippen LogP contribution in [0.4, 0.5) is 5.69 Å². The maximum atomic E-state index is 12.4. The number of phenols is 1. The molecule has 1 amide bonds. The van der Waals surface area contributed by atoms with Gasteiger partial charge in [0, 0.05) is 23.0 Å². The summed E-state index contributed by atoms with van der Waals surface area (Å²) in [5.41, 5.74) is 4.97. The second kappa shape index (κ2) is 5.73. The van der Waals surface area contributed by atoms with E-state index in [1.54, 1.807) is 30.5 Å². The van der Waals surface area contributed by atoms with Crippen LogP contribution in [0.5, 0.6) is 5.75 Å². The molecule has 4 rings (SSSR count). The third-order valence-corrected chi connectivity index (χ3v) is 4.19. The Labute approximate surface area is 144 Å². The van der Waals surface area contributed by atoms with Gasteiger partial charge in [-0.1, -0.05) is 24.1 Å². The summed E-state index contributed by atoms with van der Waals surface area (Å²) in [6.07, 6.45) is 9.38. The van der Waals surface area contributed by atoms with E-state index in [1.807, 2.05) is 30.3 Å². The van der Waals surface area contributed by atoms with Crippen molar-refractivity contribution >= 4 is 23.2 Å². The quantitative estimate of drug-likeness (QED) is 0.494. The molecular weight excluding hydrogens is 312 g/mol. The lowest BCUT2D eigenvalue weighted by molar-refractivity contribution is -0.110. The van der Waals surface area contributed by atoms with Crippen molar-refractivity contribution < 1.29 is 9.90 Å². The lowest BCUT2D eigenvalue weighted by Gasteiger charge is -2.10. The molecular formula is C21H14N2O2. The van der Waals surface area contributed by atoms with Crippen LogP contribution in [0.2, 0.25) is 0 Å². The fraction of sp³-hybridized carbons (Fsp3) is 0. The van der Waals surface area contributed by atoms with E-state index < -0.39 is 0 Å². The standard InChI is InChI=1S/C21H14N2O2/c1-2-16-17(13-5-3-7-15(24)11-13)8-9-19-20(16)18(21(25)23-19)12-14-6-4-10-22-14/h1,3-12,22,24H,(H,23,25). The number of amides is 1. The summed E-state index contributed by atoms with van der Waals surface area (Å²) in [5, 5.41) is 12.6. The minimum Gasteiger partial charge on any atom is -0.508 e. The number of hydrogen-bond acceptors (Lipinski definition) is 2. The average molecular weight is 326 g/mol. The molecule has 1 aliphatic rings. The minimum atomic E-state index is -0.186. The van der Waals surface area contributed by atoms with E-state index in [0.29, 0.717) is 22.4 Å². The number of anilines is 1. The van der Waals surface area contributed by atoms with Gasteiger partial charge in [0.05, 0.1) is 11.3 Å². The molecule has 0 atom stereocenters. The Morgan fingerprint density at radius 1 is 1.12 bits per heavy atom. The number of terminal acetylenes is 1. The Bertz CT molecular complexity index is 1050. The zero-order valence-electron chi connectivity index (χ0n) is 13.2. The van der Waals surface area contributed by atoms with Gasteiger partial charge in [0.1, 0.15) is 5.75 Å². The molecule has 4 heteroatoms. The van der Waals surface area contributed by atoms with Gasteiger partial charge in [0.25, 0.3) is 5.91 Å². The van der Waals surface area contributed by atoms with Crippen LogP contribution < -0.4 is 5.32 Å². The van der Waals surface area contributed by atoms with Crippen LogP contribution in [0, 0.1) is 12.3 Å². The van der Waals surface area contributed by atoms with Gasteiger partial charge in [-0.25, -0.2) is 0 Å². The SMILES string of the molecule is C#Cc1c(-c2cccc(O)c2)ccc2c1C(=Cc1ccc[nH]1)C(=O)N2.